The van der Waals surface area contributed by atoms with E-state index in [1.54, 1.807) is 30.3 Å². The maximum Gasteiger partial charge on any atom is 0.337 e. The van der Waals surface area contributed by atoms with Crippen molar-refractivity contribution < 1.29 is 14.3 Å². The molecular formula is C22H22N4O3. The second kappa shape index (κ2) is 8.52. The van der Waals surface area contributed by atoms with Crippen LogP contribution in [-0.2, 0) is 4.74 Å². The molecule has 1 heterocycles. The number of rotatable bonds is 5. The summed E-state index contributed by atoms with van der Waals surface area (Å²) in [5.41, 5.74) is 5.33. The summed E-state index contributed by atoms with van der Waals surface area (Å²) in [6.07, 6.45) is 1.33. The van der Waals surface area contributed by atoms with Crippen LogP contribution in [0.4, 0.5) is 17.2 Å². The number of amides is 1. The molecule has 0 aliphatic heterocycles. The molecule has 0 fully saturated rings. The highest BCUT2D eigenvalue weighted by Gasteiger charge is 2.12. The van der Waals surface area contributed by atoms with Crippen molar-refractivity contribution in [3.05, 3.63) is 76.7 Å². The molecule has 0 bridgehead atoms. The second-order valence-electron chi connectivity index (χ2n) is 6.71. The third kappa shape index (κ3) is 4.76. The smallest absolute Gasteiger partial charge is 0.337 e. The second-order valence-corrected chi connectivity index (χ2v) is 6.71. The molecule has 3 rings (SSSR count). The summed E-state index contributed by atoms with van der Waals surface area (Å²) in [4.78, 5) is 32.5. The number of methoxy groups -OCH3 is 1. The maximum absolute atomic E-state index is 12.6. The molecule has 0 saturated heterocycles. The van der Waals surface area contributed by atoms with Gasteiger partial charge in [-0.2, -0.15) is 0 Å². The molecule has 148 valence electrons. The van der Waals surface area contributed by atoms with Gasteiger partial charge in [0.15, 0.2) is 0 Å². The van der Waals surface area contributed by atoms with Crippen LogP contribution in [0.15, 0.2) is 48.8 Å². The normalized spacial score (nSPS) is 10.3. The first kappa shape index (κ1) is 20.0. The van der Waals surface area contributed by atoms with E-state index in [2.05, 4.69) is 32.7 Å². The predicted octanol–water partition coefficient (Wildman–Crippen LogP) is 4.18. The Morgan fingerprint density at radius 2 is 1.69 bits per heavy atom. The summed E-state index contributed by atoms with van der Waals surface area (Å²) in [6, 6.07) is 12.3. The lowest BCUT2D eigenvalue weighted by atomic mass is 10.1. The van der Waals surface area contributed by atoms with Gasteiger partial charge in [-0.3, -0.25) is 4.79 Å². The number of aryl methyl sites for hydroxylation is 3. The average Bonchev–Trinajstić information content (AvgIpc) is 2.70. The molecule has 7 nitrogen and oxygen atoms in total. The standard InChI is InChI=1S/C22H22N4O3/c1-13-8-14(2)20(15(3)9-13)26-19-11-18(23-12-24-19)21(27)25-17-7-5-6-16(10-17)22(28)29-4/h5-12H,1-4H3,(H,25,27)(H,23,24,26). The van der Waals surface area contributed by atoms with Crippen LogP contribution in [-0.4, -0.2) is 29.0 Å². The summed E-state index contributed by atoms with van der Waals surface area (Å²) in [5.74, 6) is -0.364. The van der Waals surface area contributed by atoms with Crippen molar-refractivity contribution >= 4 is 29.1 Å². The van der Waals surface area contributed by atoms with Gasteiger partial charge in [0, 0.05) is 17.4 Å². The summed E-state index contributed by atoms with van der Waals surface area (Å²) in [7, 11) is 1.31. The van der Waals surface area contributed by atoms with Crippen molar-refractivity contribution in [2.75, 3.05) is 17.7 Å². The van der Waals surface area contributed by atoms with Crippen LogP contribution in [0.5, 0.6) is 0 Å². The van der Waals surface area contributed by atoms with Gasteiger partial charge in [-0.25, -0.2) is 14.8 Å². The van der Waals surface area contributed by atoms with E-state index in [0.717, 1.165) is 16.8 Å². The third-order valence-corrected chi connectivity index (χ3v) is 4.37. The van der Waals surface area contributed by atoms with Crippen molar-refractivity contribution in [3.8, 4) is 0 Å². The Labute approximate surface area is 169 Å². The van der Waals surface area contributed by atoms with E-state index < -0.39 is 11.9 Å². The summed E-state index contributed by atoms with van der Waals surface area (Å²) in [6.45, 7) is 6.09. The van der Waals surface area contributed by atoms with Gasteiger partial charge in [0.25, 0.3) is 5.91 Å². The Morgan fingerprint density at radius 3 is 2.38 bits per heavy atom. The largest absolute Gasteiger partial charge is 0.465 e. The number of hydrogen-bond donors (Lipinski definition) is 2. The molecule has 0 aliphatic carbocycles. The van der Waals surface area contributed by atoms with Crippen molar-refractivity contribution in [2.24, 2.45) is 0 Å². The van der Waals surface area contributed by atoms with Crippen molar-refractivity contribution in [3.63, 3.8) is 0 Å². The Balaban J connectivity index is 1.79. The van der Waals surface area contributed by atoms with Gasteiger partial charge in [0.05, 0.1) is 12.7 Å². The lowest BCUT2D eigenvalue weighted by Crippen LogP contribution is -2.15. The fraction of sp³-hybridized carbons (Fsp3) is 0.182. The Hall–Kier alpha value is -3.74. The van der Waals surface area contributed by atoms with Gasteiger partial charge >= 0.3 is 5.97 Å². The van der Waals surface area contributed by atoms with Crippen LogP contribution in [0, 0.1) is 20.8 Å². The van der Waals surface area contributed by atoms with E-state index in [0.29, 0.717) is 17.1 Å². The van der Waals surface area contributed by atoms with Crippen molar-refractivity contribution in [1.82, 2.24) is 9.97 Å². The number of esters is 1. The number of benzene rings is 2. The molecule has 0 spiro atoms. The van der Waals surface area contributed by atoms with E-state index in [-0.39, 0.29) is 5.69 Å². The molecule has 7 heteroatoms. The quantitative estimate of drug-likeness (QED) is 0.635. The summed E-state index contributed by atoms with van der Waals surface area (Å²) < 4.78 is 4.70. The Bertz CT molecular complexity index is 1060. The molecule has 1 aromatic heterocycles. The van der Waals surface area contributed by atoms with E-state index in [1.807, 2.05) is 20.8 Å². The SMILES string of the molecule is COC(=O)c1cccc(NC(=O)c2cc(Nc3c(C)cc(C)cc3C)ncn2)c1. The van der Waals surface area contributed by atoms with Crippen LogP contribution in [0.25, 0.3) is 0 Å². The zero-order valence-electron chi connectivity index (χ0n) is 16.7. The molecule has 2 N–H and O–H groups in total. The van der Waals surface area contributed by atoms with Gasteiger partial charge in [0.1, 0.15) is 17.8 Å². The summed E-state index contributed by atoms with van der Waals surface area (Å²) in [5, 5.41) is 6.00. The first-order valence-electron chi connectivity index (χ1n) is 9.04. The lowest BCUT2D eigenvalue weighted by Gasteiger charge is -2.13. The van der Waals surface area contributed by atoms with E-state index >= 15 is 0 Å². The number of carbonyl (C=O) groups is 2. The highest BCUT2D eigenvalue weighted by atomic mass is 16.5. The van der Waals surface area contributed by atoms with Gasteiger partial charge in [0.2, 0.25) is 0 Å². The molecule has 0 unspecified atom stereocenters. The molecule has 0 radical (unpaired) electrons. The number of anilines is 3. The van der Waals surface area contributed by atoms with Crippen LogP contribution in [0.1, 0.15) is 37.5 Å². The molecule has 0 aliphatic rings. The van der Waals surface area contributed by atoms with Crippen molar-refractivity contribution in [2.45, 2.75) is 20.8 Å². The zero-order valence-corrected chi connectivity index (χ0v) is 16.7. The van der Waals surface area contributed by atoms with E-state index in [9.17, 15) is 9.59 Å². The molecular weight excluding hydrogens is 368 g/mol. The summed E-state index contributed by atoms with van der Waals surface area (Å²) >= 11 is 0. The molecule has 0 atom stereocenters. The number of carbonyl (C=O) groups excluding carboxylic acids is 2. The van der Waals surface area contributed by atoms with Crippen LogP contribution < -0.4 is 10.6 Å². The Kier molecular flexibility index (Phi) is 5.87. The van der Waals surface area contributed by atoms with E-state index in [4.69, 9.17) is 4.74 Å². The minimum atomic E-state index is -0.474. The number of hydrogen-bond acceptors (Lipinski definition) is 6. The molecule has 1 amide bonds. The lowest BCUT2D eigenvalue weighted by molar-refractivity contribution is 0.0600. The molecule has 0 saturated carbocycles. The molecule has 29 heavy (non-hydrogen) atoms. The highest BCUT2D eigenvalue weighted by molar-refractivity contribution is 6.04. The number of nitrogens with one attached hydrogen (secondary N) is 2. The van der Waals surface area contributed by atoms with Gasteiger partial charge in [-0.05, 0) is 50.1 Å². The molecule has 2 aromatic carbocycles. The third-order valence-electron chi connectivity index (χ3n) is 4.37. The van der Waals surface area contributed by atoms with Crippen LogP contribution in [0.3, 0.4) is 0 Å². The zero-order chi connectivity index (χ0) is 21.0. The van der Waals surface area contributed by atoms with Crippen molar-refractivity contribution in [1.29, 1.82) is 0 Å². The molecule has 3 aromatic rings. The van der Waals surface area contributed by atoms with Gasteiger partial charge in [-0.15, -0.1) is 0 Å². The minimum Gasteiger partial charge on any atom is -0.465 e. The Morgan fingerprint density at radius 1 is 0.966 bits per heavy atom. The van der Waals surface area contributed by atoms with Crippen LogP contribution in [0.2, 0.25) is 0 Å². The predicted molar refractivity (Wildman–Crippen MR) is 112 cm³/mol. The monoisotopic (exact) mass is 390 g/mol. The minimum absolute atomic E-state index is 0.202. The first-order valence-corrected chi connectivity index (χ1v) is 9.04. The number of aromatic nitrogens is 2. The fourth-order valence-corrected chi connectivity index (χ4v) is 3.09. The van der Waals surface area contributed by atoms with Gasteiger partial charge < -0.3 is 15.4 Å². The number of ether oxygens (including phenoxy) is 1. The first-order chi connectivity index (χ1) is 13.9. The average molecular weight is 390 g/mol. The van der Waals surface area contributed by atoms with E-state index in [1.165, 1.54) is 19.0 Å². The fourth-order valence-electron chi connectivity index (χ4n) is 3.09. The van der Waals surface area contributed by atoms with Crippen LogP contribution >= 0.6 is 0 Å². The topological polar surface area (TPSA) is 93.2 Å². The van der Waals surface area contributed by atoms with Gasteiger partial charge in [-0.1, -0.05) is 23.8 Å². The maximum atomic E-state index is 12.6. The number of nitrogens with zero attached hydrogens (tertiary/aromatic N) is 2. The highest BCUT2D eigenvalue weighted by Crippen LogP contribution is 2.25.